The molecule has 0 fully saturated rings. The Kier molecular flexibility index (Phi) is 7.50. The molecule has 2 heterocycles. The van der Waals surface area contributed by atoms with E-state index in [-0.39, 0.29) is 18.4 Å². The lowest BCUT2D eigenvalue weighted by molar-refractivity contribution is -0.318. The zero-order valence-electron chi connectivity index (χ0n) is 17.4. The number of aromatic nitrogens is 1. The molecule has 0 bridgehead atoms. The largest absolute Gasteiger partial charge is 0.572 e. The van der Waals surface area contributed by atoms with Crippen LogP contribution in [0.5, 0.6) is 0 Å². The number of pyridine rings is 1. The van der Waals surface area contributed by atoms with Gasteiger partial charge < -0.3 is 20.1 Å². The Labute approximate surface area is 190 Å². The Morgan fingerprint density at radius 2 is 1.88 bits per heavy atom. The number of amides is 1. The fourth-order valence-electron chi connectivity index (χ4n) is 3.54. The predicted octanol–water partition coefficient (Wildman–Crippen LogP) is 3.50. The maximum atomic E-state index is 15.0. The van der Waals surface area contributed by atoms with Gasteiger partial charge >= 0.3 is 12.3 Å². The third kappa shape index (κ3) is 6.28. The third-order valence-electron chi connectivity index (χ3n) is 5.10. The molecule has 0 radical (unpaired) electrons. The van der Waals surface area contributed by atoms with Crippen LogP contribution in [0.1, 0.15) is 34.7 Å². The van der Waals surface area contributed by atoms with Crippen molar-refractivity contribution in [3.63, 3.8) is 0 Å². The van der Waals surface area contributed by atoms with Gasteiger partial charge in [0, 0.05) is 30.5 Å². The summed E-state index contributed by atoms with van der Waals surface area (Å²) in [6, 6.07) is 8.23. The van der Waals surface area contributed by atoms with E-state index in [9.17, 15) is 27.9 Å². The van der Waals surface area contributed by atoms with Crippen LogP contribution in [0.3, 0.4) is 0 Å². The lowest BCUT2D eigenvalue weighted by Crippen LogP contribution is -2.43. The van der Waals surface area contributed by atoms with Gasteiger partial charge in [-0.15, -0.1) is 13.2 Å². The Hall–Kier alpha value is -3.54. The van der Waals surface area contributed by atoms with E-state index in [1.165, 1.54) is 18.2 Å². The number of nitrogens with zero attached hydrogens (tertiary/aromatic N) is 1. The summed E-state index contributed by atoms with van der Waals surface area (Å²) < 4.78 is 71.5. The highest BCUT2D eigenvalue weighted by Crippen LogP contribution is 2.43. The van der Waals surface area contributed by atoms with Crippen LogP contribution >= 0.6 is 0 Å². The van der Waals surface area contributed by atoms with Crippen LogP contribution in [0.15, 0.2) is 70.3 Å². The number of aliphatic hydroxyl groups excluding tert-OH is 1. The van der Waals surface area contributed by atoms with Crippen molar-refractivity contribution in [2.24, 2.45) is 4.99 Å². The molecule has 182 valence electrons. The summed E-state index contributed by atoms with van der Waals surface area (Å²) in [4.78, 5) is 29.3. The summed E-state index contributed by atoms with van der Waals surface area (Å²) >= 11 is 0. The summed E-state index contributed by atoms with van der Waals surface area (Å²) in [5, 5.41) is 12.5. The molecule has 0 saturated heterocycles. The highest BCUT2D eigenvalue weighted by Gasteiger charge is 2.53. The average Bonchev–Trinajstić information content (AvgIpc) is 2.76. The molecule has 1 amide bonds. The van der Waals surface area contributed by atoms with E-state index in [0.717, 1.165) is 18.5 Å². The van der Waals surface area contributed by atoms with Crippen LogP contribution in [0.2, 0.25) is 0 Å². The van der Waals surface area contributed by atoms with Gasteiger partial charge in [0.05, 0.1) is 5.56 Å². The number of nitrogens with one attached hydrogen (secondary N) is 2. The van der Waals surface area contributed by atoms with Gasteiger partial charge in [0.25, 0.3) is 5.91 Å². The van der Waals surface area contributed by atoms with Crippen LogP contribution in [0, 0.1) is 0 Å². The van der Waals surface area contributed by atoms with Gasteiger partial charge in [-0.25, -0.2) is 0 Å². The van der Waals surface area contributed by atoms with Gasteiger partial charge in [0.2, 0.25) is 5.56 Å². The van der Waals surface area contributed by atoms with Crippen molar-refractivity contribution in [2.45, 2.75) is 43.3 Å². The second-order valence-electron chi connectivity index (χ2n) is 7.47. The average molecular weight is 485 g/mol. The normalized spacial score (nSPS) is 19.1. The van der Waals surface area contributed by atoms with Crippen molar-refractivity contribution < 1.29 is 36.6 Å². The number of dihydropyridines is 1. The molecule has 0 saturated carbocycles. The number of H-pyrrole nitrogens is 1. The van der Waals surface area contributed by atoms with E-state index in [4.69, 9.17) is 0 Å². The third-order valence-corrected chi connectivity index (χ3v) is 5.10. The molecule has 2 aromatic rings. The molecule has 3 N–H and O–H groups in total. The van der Waals surface area contributed by atoms with Crippen LogP contribution < -0.4 is 10.9 Å². The molecule has 3 rings (SSSR count). The zero-order chi connectivity index (χ0) is 24.9. The summed E-state index contributed by atoms with van der Waals surface area (Å²) in [5.74, 6) is -7.50. The Balaban J connectivity index is 1.76. The van der Waals surface area contributed by atoms with Crippen molar-refractivity contribution in [1.29, 1.82) is 0 Å². The number of rotatable bonds is 8. The highest BCUT2D eigenvalue weighted by atomic mass is 19.4. The van der Waals surface area contributed by atoms with Crippen molar-refractivity contribution >= 4 is 12.1 Å². The number of aliphatic hydroxyl groups is 1. The minimum Gasteiger partial charge on any atom is -0.404 e. The molecule has 2 unspecified atom stereocenters. The minimum absolute atomic E-state index is 0.0563. The Bertz CT molecular complexity index is 1100. The molecular formula is C22H20F5N3O4. The van der Waals surface area contributed by atoms with Crippen LogP contribution in [-0.2, 0) is 4.74 Å². The molecule has 1 aliphatic rings. The topological polar surface area (TPSA) is 104 Å². The summed E-state index contributed by atoms with van der Waals surface area (Å²) in [6.45, 7) is 0. The number of carbonyl (C=O) groups excluding carboxylic acids is 1. The summed E-state index contributed by atoms with van der Waals surface area (Å²) in [5.41, 5.74) is -0.0165. The number of halogens is 5. The Morgan fingerprint density at radius 1 is 1.18 bits per heavy atom. The van der Waals surface area contributed by atoms with Gasteiger partial charge in [-0.3, -0.25) is 14.6 Å². The van der Waals surface area contributed by atoms with Gasteiger partial charge in [0.1, 0.15) is 12.3 Å². The first-order chi connectivity index (χ1) is 16.0. The van der Waals surface area contributed by atoms with Crippen LogP contribution in [0.25, 0.3) is 0 Å². The number of ether oxygens (including phenoxy) is 1. The SMILES string of the molecule is O=C(N[C@@H](O)CCC(c1ccccc1)C1N=CC=C(OC(F)(F)F)C1(F)F)c1ccc(=O)[nH]c1. The fraction of sp³-hybridized carbons (Fsp3) is 0.318. The number of alkyl halides is 5. The number of benzene rings is 1. The lowest BCUT2D eigenvalue weighted by Gasteiger charge is -2.34. The van der Waals surface area contributed by atoms with Crippen molar-refractivity contribution in [1.82, 2.24) is 10.3 Å². The van der Waals surface area contributed by atoms with Crippen molar-refractivity contribution in [2.75, 3.05) is 0 Å². The van der Waals surface area contributed by atoms with Gasteiger partial charge in [-0.2, -0.15) is 8.78 Å². The molecule has 12 heteroatoms. The van der Waals surface area contributed by atoms with Crippen molar-refractivity contribution in [3.05, 3.63) is 82.0 Å². The molecule has 3 atom stereocenters. The highest BCUT2D eigenvalue weighted by molar-refractivity contribution is 5.93. The number of hydrogen-bond donors (Lipinski definition) is 3. The number of allylic oxidation sites excluding steroid dienone is 1. The molecular weight excluding hydrogens is 465 g/mol. The second kappa shape index (κ2) is 10.2. The standard InChI is InChI=1S/C22H20F5N3O4/c23-21(24)16(34-22(25,26)27)10-11-28-19(21)15(13-4-2-1-3-5-13)7-9-18(32)30-20(33)14-6-8-17(31)29-12-14/h1-6,8,10-12,15,18-19,32H,7,9H2,(H,29,31)(H,30,33)/t15?,18-,19?/m0/s1. The number of aliphatic imine (C=N–C) groups is 1. The predicted molar refractivity (Wildman–Crippen MR) is 111 cm³/mol. The molecule has 1 aromatic carbocycles. The molecule has 34 heavy (non-hydrogen) atoms. The van der Waals surface area contributed by atoms with Gasteiger partial charge in [-0.05, 0) is 24.5 Å². The van der Waals surface area contributed by atoms with Gasteiger partial charge in [-0.1, -0.05) is 30.3 Å². The van der Waals surface area contributed by atoms with E-state index >= 15 is 8.78 Å². The molecule has 0 aliphatic carbocycles. The summed E-state index contributed by atoms with van der Waals surface area (Å²) in [6.07, 6.45) is -4.71. The molecule has 7 nitrogen and oxygen atoms in total. The molecule has 0 spiro atoms. The molecule has 1 aliphatic heterocycles. The number of carbonyl (C=O) groups is 1. The van der Waals surface area contributed by atoms with Crippen LogP contribution in [-0.4, -0.2) is 46.8 Å². The zero-order valence-corrected chi connectivity index (χ0v) is 17.4. The first-order valence-electron chi connectivity index (χ1n) is 10.1. The quantitative estimate of drug-likeness (QED) is 0.393. The Morgan fingerprint density at radius 3 is 2.50 bits per heavy atom. The monoisotopic (exact) mass is 485 g/mol. The van der Waals surface area contributed by atoms with E-state index in [1.54, 1.807) is 18.2 Å². The smallest absolute Gasteiger partial charge is 0.404 e. The first kappa shape index (κ1) is 25.1. The number of aromatic amines is 1. The first-order valence-corrected chi connectivity index (χ1v) is 10.1. The maximum Gasteiger partial charge on any atom is 0.572 e. The second-order valence-corrected chi connectivity index (χ2v) is 7.47. The van der Waals surface area contributed by atoms with E-state index in [0.29, 0.717) is 11.6 Å². The van der Waals surface area contributed by atoms with Crippen LogP contribution in [0.4, 0.5) is 22.0 Å². The minimum atomic E-state index is -5.31. The van der Waals surface area contributed by atoms with Crippen molar-refractivity contribution in [3.8, 4) is 0 Å². The lowest BCUT2D eigenvalue weighted by atomic mass is 9.83. The summed E-state index contributed by atoms with van der Waals surface area (Å²) in [7, 11) is 0. The maximum absolute atomic E-state index is 15.0. The van der Waals surface area contributed by atoms with E-state index < -0.39 is 47.7 Å². The fourth-order valence-corrected chi connectivity index (χ4v) is 3.54. The van der Waals surface area contributed by atoms with E-state index in [2.05, 4.69) is 20.0 Å². The molecule has 1 aromatic heterocycles. The van der Waals surface area contributed by atoms with E-state index in [1.807, 2.05) is 0 Å². The number of hydrogen-bond acceptors (Lipinski definition) is 5. The van der Waals surface area contributed by atoms with Gasteiger partial charge in [0.15, 0.2) is 5.76 Å².